The molecule has 0 aromatic heterocycles. The molecule has 32 valence electrons. The molecule has 1 saturated heterocycles. The highest BCUT2D eigenvalue weighted by molar-refractivity contribution is 5.66. The Bertz CT molecular complexity index is 101. The number of rotatable bonds is 0. The summed E-state index contributed by atoms with van der Waals surface area (Å²) in [5, 5.41) is 1.81. The minimum atomic E-state index is 0.255. The van der Waals surface area contributed by atoms with E-state index in [4.69, 9.17) is 4.84 Å². The molecule has 0 aromatic carbocycles. The molecule has 6 heavy (non-hydrogen) atoms. The lowest BCUT2D eigenvalue weighted by atomic mass is 10.7. The fourth-order valence-electron chi connectivity index (χ4n) is 0.545. The number of nitrogens with zero attached hydrogens (tertiary/aromatic N) is 2. The van der Waals surface area contributed by atoms with Gasteiger partial charge in [0.1, 0.15) is 6.67 Å². The predicted molar refractivity (Wildman–Crippen MR) is 20.1 cm³/mol. The summed E-state index contributed by atoms with van der Waals surface area (Å²) in [6.07, 6.45) is 2.06. The van der Waals surface area contributed by atoms with E-state index in [2.05, 4.69) is 4.99 Å². The van der Waals surface area contributed by atoms with Gasteiger partial charge in [-0.3, -0.25) is 9.83 Å². The molecule has 0 saturated carbocycles. The normalized spacial score (nSPS) is 49.3. The lowest BCUT2D eigenvalue weighted by Gasteiger charge is -1.76. The van der Waals surface area contributed by atoms with Crippen molar-refractivity contribution in [3.05, 3.63) is 0 Å². The average Bonchev–Trinajstić information content (AvgIpc) is 2.17. The zero-order valence-corrected chi connectivity index (χ0v) is 3.16. The lowest BCUT2D eigenvalue weighted by molar-refractivity contribution is 0.202. The highest BCUT2D eigenvalue weighted by Gasteiger charge is 2.37. The molecule has 2 atom stereocenters. The summed E-state index contributed by atoms with van der Waals surface area (Å²) >= 11 is 0. The van der Waals surface area contributed by atoms with E-state index in [1.54, 1.807) is 11.3 Å². The second-order valence-electron chi connectivity index (χ2n) is 1.39. The van der Waals surface area contributed by atoms with Crippen LogP contribution in [0.25, 0.3) is 0 Å². The summed E-state index contributed by atoms with van der Waals surface area (Å²) in [6, 6.07) is 0. The Kier molecular flexibility index (Phi) is 0.291. The summed E-state index contributed by atoms with van der Waals surface area (Å²) in [5.41, 5.74) is 0. The standard InChI is InChI=1S/C3H4N2O/c1-3-5(6-3)2-4-1/h1,3H,2H2. The summed E-state index contributed by atoms with van der Waals surface area (Å²) in [4.78, 5) is 8.73. The van der Waals surface area contributed by atoms with E-state index in [9.17, 15) is 0 Å². The maximum atomic E-state index is 4.84. The van der Waals surface area contributed by atoms with Gasteiger partial charge in [0.05, 0.1) is 0 Å². The molecule has 3 heteroatoms. The highest BCUT2D eigenvalue weighted by Crippen LogP contribution is 2.21. The van der Waals surface area contributed by atoms with Crippen LogP contribution in [-0.2, 0) is 4.84 Å². The van der Waals surface area contributed by atoms with Crippen molar-refractivity contribution in [2.45, 2.75) is 6.23 Å². The van der Waals surface area contributed by atoms with Gasteiger partial charge in [0.25, 0.3) is 0 Å². The molecule has 2 unspecified atom stereocenters. The second kappa shape index (κ2) is 0.643. The first kappa shape index (κ1) is 2.71. The molecule has 2 rings (SSSR count). The summed E-state index contributed by atoms with van der Waals surface area (Å²) < 4.78 is 0. The number of hydroxylamine groups is 2. The zero-order valence-electron chi connectivity index (χ0n) is 3.16. The van der Waals surface area contributed by atoms with Gasteiger partial charge < -0.3 is 0 Å². The number of fused-ring (bicyclic) bond motifs is 1. The van der Waals surface area contributed by atoms with E-state index in [0.29, 0.717) is 0 Å². The van der Waals surface area contributed by atoms with Gasteiger partial charge in [-0.05, 0) is 0 Å². The molecule has 2 aliphatic heterocycles. The van der Waals surface area contributed by atoms with Gasteiger partial charge in [-0.2, -0.15) is 0 Å². The molecule has 2 heterocycles. The van der Waals surface area contributed by atoms with Gasteiger partial charge in [0, 0.05) is 6.21 Å². The first-order valence-corrected chi connectivity index (χ1v) is 1.90. The number of hydrogen-bond acceptors (Lipinski definition) is 3. The van der Waals surface area contributed by atoms with E-state index in [1.165, 1.54) is 0 Å². The monoisotopic (exact) mass is 84.0 g/mol. The molecule has 0 spiro atoms. The first-order chi connectivity index (χ1) is 2.97. The Morgan fingerprint density at radius 1 is 2.00 bits per heavy atom. The molecule has 2 aliphatic rings. The van der Waals surface area contributed by atoms with Crippen LogP contribution < -0.4 is 0 Å². The maximum Gasteiger partial charge on any atom is 0.191 e. The molecule has 0 amide bonds. The maximum absolute atomic E-state index is 4.84. The van der Waals surface area contributed by atoms with Crippen LogP contribution in [0.2, 0.25) is 0 Å². The van der Waals surface area contributed by atoms with Crippen molar-refractivity contribution >= 4 is 6.21 Å². The predicted octanol–water partition coefficient (Wildman–Crippen LogP) is -0.398. The fraction of sp³-hybridized carbons (Fsp3) is 0.667. The Hall–Kier alpha value is -0.410. The van der Waals surface area contributed by atoms with E-state index in [-0.39, 0.29) is 6.23 Å². The average molecular weight is 84.1 g/mol. The van der Waals surface area contributed by atoms with E-state index in [1.807, 2.05) is 0 Å². The van der Waals surface area contributed by atoms with Crippen molar-refractivity contribution < 1.29 is 4.84 Å². The number of aliphatic imine (C=N–C) groups is 1. The quantitative estimate of drug-likeness (QED) is 0.373. The van der Waals surface area contributed by atoms with Gasteiger partial charge in [-0.15, -0.1) is 5.06 Å². The Labute approximate surface area is 35.2 Å². The third-order valence-corrected chi connectivity index (χ3v) is 0.936. The van der Waals surface area contributed by atoms with Crippen LogP contribution in [0.1, 0.15) is 0 Å². The van der Waals surface area contributed by atoms with E-state index < -0.39 is 0 Å². The molecule has 0 N–H and O–H groups in total. The van der Waals surface area contributed by atoms with Crippen LogP contribution in [-0.4, -0.2) is 24.2 Å². The smallest absolute Gasteiger partial charge is 0.191 e. The van der Waals surface area contributed by atoms with E-state index >= 15 is 0 Å². The van der Waals surface area contributed by atoms with Crippen LogP contribution in [0.4, 0.5) is 0 Å². The van der Waals surface area contributed by atoms with Gasteiger partial charge in [0.15, 0.2) is 6.23 Å². The Morgan fingerprint density at radius 3 is 3.17 bits per heavy atom. The molecule has 0 radical (unpaired) electrons. The minimum Gasteiger partial charge on any atom is -0.275 e. The highest BCUT2D eigenvalue weighted by atomic mass is 16.8. The molecular weight excluding hydrogens is 80.0 g/mol. The van der Waals surface area contributed by atoms with Crippen molar-refractivity contribution in [2.75, 3.05) is 6.67 Å². The largest absolute Gasteiger partial charge is 0.275 e. The van der Waals surface area contributed by atoms with Crippen molar-refractivity contribution in [2.24, 2.45) is 4.99 Å². The fourth-order valence-corrected chi connectivity index (χ4v) is 0.545. The van der Waals surface area contributed by atoms with Gasteiger partial charge in [-0.25, -0.2) is 0 Å². The Morgan fingerprint density at radius 2 is 3.00 bits per heavy atom. The van der Waals surface area contributed by atoms with Gasteiger partial charge in [0.2, 0.25) is 0 Å². The SMILES string of the molecule is C1=NCN2OC12. The summed E-state index contributed by atoms with van der Waals surface area (Å²) in [5.74, 6) is 0. The molecule has 0 bridgehead atoms. The Balaban J connectivity index is 2.26. The molecule has 1 fully saturated rings. The second-order valence-corrected chi connectivity index (χ2v) is 1.39. The van der Waals surface area contributed by atoms with Crippen molar-refractivity contribution in [3.8, 4) is 0 Å². The third kappa shape index (κ3) is 0.179. The summed E-state index contributed by atoms with van der Waals surface area (Å²) in [7, 11) is 0. The van der Waals surface area contributed by atoms with Crippen LogP contribution in [0.3, 0.4) is 0 Å². The van der Waals surface area contributed by atoms with Crippen LogP contribution in [0.5, 0.6) is 0 Å². The van der Waals surface area contributed by atoms with E-state index in [0.717, 1.165) is 6.67 Å². The molecule has 0 aromatic rings. The van der Waals surface area contributed by atoms with Crippen LogP contribution in [0, 0.1) is 0 Å². The molecule has 3 nitrogen and oxygen atoms in total. The minimum absolute atomic E-state index is 0.255. The molecular formula is C3H4N2O. The summed E-state index contributed by atoms with van der Waals surface area (Å²) in [6.45, 7) is 0.741. The zero-order chi connectivity index (χ0) is 3.98. The van der Waals surface area contributed by atoms with Crippen LogP contribution in [0.15, 0.2) is 4.99 Å². The topological polar surface area (TPSA) is 27.9 Å². The van der Waals surface area contributed by atoms with Crippen LogP contribution >= 0.6 is 0 Å². The van der Waals surface area contributed by atoms with Gasteiger partial charge in [-0.1, -0.05) is 0 Å². The van der Waals surface area contributed by atoms with Gasteiger partial charge >= 0.3 is 0 Å². The van der Waals surface area contributed by atoms with Crippen molar-refractivity contribution in [1.29, 1.82) is 0 Å². The third-order valence-electron chi connectivity index (χ3n) is 0.936. The lowest BCUT2D eigenvalue weighted by Crippen LogP contribution is -1.90. The van der Waals surface area contributed by atoms with Crippen molar-refractivity contribution in [3.63, 3.8) is 0 Å². The van der Waals surface area contributed by atoms with Crippen molar-refractivity contribution in [1.82, 2.24) is 5.06 Å². The number of hydrogen-bond donors (Lipinski definition) is 0. The first-order valence-electron chi connectivity index (χ1n) is 1.90. The molecule has 0 aliphatic carbocycles.